The summed E-state index contributed by atoms with van der Waals surface area (Å²) in [5.41, 5.74) is 0. The van der Waals surface area contributed by atoms with E-state index in [0.29, 0.717) is 16.4 Å². The molecule has 0 aliphatic carbocycles. The first-order valence-electron chi connectivity index (χ1n) is 11.9. The minimum atomic E-state index is -1.40. The van der Waals surface area contributed by atoms with Gasteiger partial charge in [-0.1, -0.05) is 66.7 Å². The Morgan fingerprint density at radius 1 is 0.595 bits per heavy atom. The lowest BCUT2D eigenvalue weighted by Gasteiger charge is -2.42. The summed E-state index contributed by atoms with van der Waals surface area (Å²) < 4.78 is 43.0. The Hall–Kier alpha value is -2.68. The molecule has 4 aromatic carbocycles. The van der Waals surface area contributed by atoms with E-state index >= 15 is 8.78 Å². The third-order valence-corrected chi connectivity index (χ3v) is 11.4. The molecule has 3 nitrogen and oxygen atoms in total. The van der Waals surface area contributed by atoms with Crippen molar-refractivity contribution in [2.75, 3.05) is 21.3 Å². The molecule has 0 radical (unpaired) electrons. The van der Waals surface area contributed by atoms with Crippen molar-refractivity contribution in [1.29, 1.82) is 0 Å². The van der Waals surface area contributed by atoms with E-state index in [1.165, 1.54) is 12.1 Å². The third kappa shape index (κ3) is 7.00. The Bertz CT molecular complexity index is 1260. The Labute approximate surface area is 221 Å². The van der Waals surface area contributed by atoms with Crippen LogP contribution >= 0.6 is 16.1 Å². The molecule has 0 fully saturated rings. The SMILES string of the molecule is COC.COc1ccccc1P(c1ccccc1F)N(C(C)C)P(c1ccccc1)c1ccccc1F. The first-order chi connectivity index (χ1) is 17.9. The number of hydrogen-bond acceptors (Lipinski definition) is 3. The van der Waals surface area contributed by atoms with E-state index < -0.39 is 16.1 Å². The van der Waals surface area contributed by atoms with Crippen LogP contribution in [-0.4, -0.2) is 31.8 Å². The largest absolute Gasteiger partial charge is 0.496 e. The number of hydrogen-bond donors (Lipinski definition) is 0. The van der Waals surface area contributed by atoms with Gasteiger partial charge >= 0.3 is 0 Å². The van der Waals surface area contributed by atoms with Gasteiger partial charge in [-0.3, -0.25) is 0 Å². The maximum absolute atomic E-state index is 15.4. The highest BCUT2D eigenvalue weighted by Crippen LogP contribution is 2.57. The molecule has 0 bridgehead atoms. The molecule has 0 aromatic heterocycles. The molecule has 194 valence electrons. The molecule has 4 aromatic rings. The van der Waals surface area contributed by atoms with Crippen LogP contribution < -0.4 is 26.0 Å². The van der Waals surface area contributed by atoms with Gasteiger partial charge in [0.05, 0.1) is 7.11 Å². The lowest BCUT2D eigenvalue weighted by Crippen LogP contribution is -2.37. The van der Waals surface area contributed by atoms with Crippen molar-refractivity contribution in [3.05, 3.63) is 115 Å². The summed E-state index contributed by atoms with van der Waals surface area (Å²) in [6.07, 6.45) is 0. The molecule has 37 heavy (non-hydrogen) atoms. The minimum absolute atomic E-state index is 0.0125. The Balaban J connectivity index is 0.00000121. The van der Waals surface area contributed by atoms with Crippen molar-refractivity contribution in [3.8, 4) is 5.75 Å². The molecule has 7 heteroatoms. The highest BCUT2D eigenvalue weighted by molar-refractivity contribution is 7.84. The monoisotopic (exact) mass is 539 g/mol. The van der Waals surface area contributed by atoms with Crippen molar-refractivity contribution in [2.24, 2.45) is 0 Å². The van der Waals surface area contributed by atoms with Crippen LogP contribution in [0.25, 0.3) is 0 Å². The number of nitrogens with zero attached hydrogens (tertiary/aromatic N) is 1. The van der Waals surface area contributed by atoms with Gasteiger partial charge in [0.15, 0.2) is 0 Å². The number of ether oxygens (including phenoxy) is 2. The first kappa shape index (κ1) is 28.9. The lowest BCUT2D eigenvalue weighted by molar-refractivity contribution is 0.277. The van der Waals surface area contributed by atoms with Crippen LogP contribution in [0.15, 0.2) is 103 Å². The van der Waals surface area contributed by atoms with E-state index in [-0.39, 0.29) is 17.7 Å². The molecular formula is C30H33F2NO2P2. The highest BCUT2D eigenvalue weighted by atomic mass is 31.2. The van der Waals surface area contributed by atoms with Gasteiger partial charge in [-0.05, 0) is 55.6 Å². The molecule has 2 unspecified atom stereocenters. The van der Waals surface area contributed by atoms with Crippen LogP contribution in [0.2, 0.25) is 0 Å². The molecule has 0 heterocycles. The summed E-state index contributed by atoms with van der Waals surface area (Å²) in [6.45, 7) is 4.18. The smallest absolute Gasteiger partial charge is 0.132 e. The lowest BCUT2D eigenvalue weighted by atomic mass is 10.3. The Morgan fingerprint density at radius 3 is 1.51 bits per heavy atom. The second-order valence-corrected chi connectivity index (χ2v) is 12.7. The fraction of sp³-hybridized carbons (Fsp3) is 0.200. The van der Waals surface area contributed by atoms with E-state index in [1.54, 1.807) is 33.5 Å². The topological polar surface area (TPSA) is 21.7 Å². The Kier molecular flexibility index (Phi) is 11.2. The number of methoxy groups -OCH3 is 2. The van der Waals surface area contributed by atoms with E-state index in [2.05, 4.69) is 23.0 Å². The van der Waals surface area contributed by atoms with E-state index in [1.807, 2.05) is 78.9 Å². The highest BCUT2D eigenvalue weighted by Gasteiger charge is 2.37. The fourth-order valence-electron chi connectivity index (χ4n) is 3.89. The predicted octanol–water partition coefficient (Wildman–Crippen LogP) is 6.34. The fourth-order valence-corrected chi connectivity index (χ4v) is 10.2. The second-order valence-electron chi connectivity index (χ2n) is 8.36. The molecule has 0 N–H and O–H groups in total. The van der Waals surface area contributed by atoms with Crippen molar-refractivity contribution in [3.63, 3.8) is 0 Å². The second kappa shape index (κ2) is 14.3. The van der Waals surface area contributed by atoms with Gasteiger partial charge in [0, 0.05) is 52.3 Å². The third-order valence-electron chi connectivity index (χ3n) is 5.35. The van der Waals surface area contributed by atoms with Crippen LogP contribution in [0.4, 0.5) is 8.78 Å². The first-order valence-corrected chi connectivity index (χ1v) is 14.5. The van der Waals surface area contributed by atoms with Crippen LogP contribution in [-0.2, 0) is 4.74 Å². The quantitative estimate of drug-likeness (QED) is 0.244. The summed E-state index contributed by atoms with van der Waals surface area (Å²) in [7, 11) is 2.15. The average Bonchev–Trinajstić information content (AvgIpc) is 2.91. The van der Waals surface area contributed by atoms with E-state index in [4.69, 9.17) is 4.74 Å². The van der Waals surface area contributed by atoms with Crippen LogP contribution in [0.3, 0.4) is 0 Å². The molecule has 0 aliphatic rings. The number of para-hydroxylation sites is 1. The normalized spacial score (nSPS) is 12.6. The Morgan fingerprint density at radius 2 is 1.03 bits per heavy atom. The molecule has 0 saturated carbocycles. The van der Waals surface area contributed by atoms with Crippen LogP contribution in [0, 0.1) is 11.6 Å². The number of rotatable bonds is 8. The van der Waals surface area contributed by atoms with E-state index in [9.17, 15) is 0 Å². The van der Waals surface area contributed by atoms with Crippen LogP contribution in [0.5, 0.6) is 5.75 Å². The maximum Gasteiger partial charge on any atom is 0.132 e. The molecule has 0 spiro atoms. The predicted molar refractivity (Wildman–Crippen MR) is 155 cm³/mol. The van der Waals surface area contributed by atoms with Gasteiger partial charge in [0.2, 0.25) is 0 Å². The summed E-state index contributed by atoms with van der Waals surface area (Å²) in [6, 6.07) is 31.5. The molecule has 2 atom stereocenters. The van der Waals surface area contributed by atoms with Crippen molar-refractivity contribution in [2.45, 2.75) is 19.9 Å². The molecule has 4 rings (SSSR count). The zero-order chi connectivity index (χ0) is 26.8. The van der Waals surface area contributed by atoms with Crippen LogP contribution in [0.1, 0.15) is 13.8 Å². The average molecular weight is 540 g/mol. The van der Waals surface area contributed by atoms with Crippen molar-refractivity contribution >= 4 is 37.4 Å². The van der Waals surface area contributed by atoms with Gasteiger partial charge in [0.1, 0.15) is 17.4 Å². The zero-order valence-electron chi connectivity index (χ0n) is 21.8. The van der Waals surface area contributed by atoms with E-state index in [0.717, 1.165) is 10.6 Å². The van der Waals surface area contributed by atoms with Gasteiger partial charge in [-0.25, -0.2) is 13.2 Å². The summed E-state index contributed by atoms with van der Waals surface area (Å²) in [5.74, 6) is 0.160. The molecule has 0 amide bonds. The summed E-state index contributed by atoms with van der Waals surface area (Å²) in [4.78, 5) is 0. The molecule has 0 aliphatic heterocycles. The molecular weight excluding hydrogens is 506 g/mol. The molecule has 0 saturated heterocycles. The maximum atomic E-state index is 15.4. The number of halogens is 2. The standard InChI is InChI=1S/C28H27F2NOP2.C2H6O/c1-21(2)31(33(22-13-5-4-6-14-22)26-18-10-7-15-23(26)29)34(27-19-11-8-16-24(27)30)28-20-12-9-17-25(28)32-3;1-3-2/h4-21H,1-3H3;1-2H3. The van der Waals surface area contributed by atoms with Gasteiger partial charge < -0.3 is 9.47 Å². The van der Waals surface area contributed by atoms with Gasteiger partial charge in [-0.2, -0.15) is 0 Å². The van der Waals surface area contributed by atoms with Crippen molar-refractivity contribution in [1.82, 2.24) is 4.44 Å². The van der Waals surface area contributed by atoms with Gasteiger partial charge in [0.25, 0.3) is 0 Å². The minimum Gasteiger partial charge on any atom is -0.496 e. The summed E-state index contributed by atoms with van der Waals surface area (Å²) >= 11 is 0. The van der Waals surface area contributed by atoms with Gasteiger partial charge in [-0.15, -0.1) is 0 Å². The number of benzene rings is 4. The summed E-state index contributed by atoms with van der Waals surface area (Å²) in [5, 5.41) is 3.13. The van der Waals surface area contributed by atoms with Crippen molar-refractivity contribution < 1.29 is 18.3 Å². The zero-order valence-corrected chi connectivity index (χ0v) is 23.6.